The third-order valence-electron chi connectivity index (χ3n) is 4.24. The first kappa shape index (κ1) is 14.3. The molecule has 4 nitrogen and oxygen atoms in total. The standard InChI is InChI=1S/C15H24N2O2/c1-11-5-6-14(18-2)12(9-11)13(17-16)10-15(19-3)7-4-8-15/h5-6,9,13,17H,4,7-8,10,16H2,1-3H3. The van der Waals surface area contributed by atoms with Crippen molar-refractivity contribution in [2.75, 3.05) is 14.2 Å². The molecule has 0 bridgehead atoms. The predicted octanol–water partition coefficient (Wildman–Crippen LogP) is 2.47. The lowest BCUT2D eigenvalue weighted by atomic mass is 9.74. The van der Waals surface area contributed by atoms with E-state index in [2.05, 4.69) is 18.4 Å². The average molecular weight is 264 g/mol. The Bertz CT molecular complexity index is 425. The first-order valence-corrected chi connectivity index (χ1v) is 6.80. The summed E-state index contributed by atoms with van der Waals surface area (Å²) in [6.45, 7) is 2.08. The van der Waals surface area contributed by atoms with E-state index in [1.807, 2.05) is 12.1 Å². The number of hydrogen-bond acceptors (Lipinski definition) is 4. The molecule has 0 aromatic heterocycles. The van der Waals surface area contributed by atoms with E-state index in [1.165, 1.54) is 12.0 Å². The summed E-state index contributed by atoms with van der Waals surface area (Å²) < 4.78 is 11.1. The van der Waals surface area contributed by atoms with Crippen molar-refractivity contribution in [3.05, 3.63) is 29.3 Å². The summed E-state index contributed by atoms with van der Waals surface area (Å²) in [6.07, 6.45) is 4.32. The zero-order valence-electron chi connectivity index (χ0n) is 12.0. The van der Waals surface area contributed by atoms with Crippen molar-refractivity contribution in [1.82, 2.24) is 5.43 Å². The van der Waals surface area contributed by atoms with Gasteiger partial charge in [-0.2, -0.15) is 0 Å². The molecule has 1 saturated carbocycles. The highest BCUT2D eigenvalue weighted by molar-refractivity contribution is 5.39. The molecule has 106 valence electrons. The topological polar surface area (TPSA) is 56.5 Å². The monoisotopic (exact) mass is 264 g/mol. The maximum absolute atomic E-state index is 5.76. The van der Waals surface area contributed by atoms with Gasteiger partial charge in [-0.15, -0.1) is 0 Å². The number of hydrogen-bond donors (Lipinski definition) is 2. The molecule has 1 unspecified atom stereocenters. The molecule has 1 aromatic rings. The highest BCUT2D eigenvalue weighted by atomic mass is 16.5. The number of methoxy groups -OCH3 is 2. The number of aryl methyl sites for hydroxylation is 1. The summed E-state index contributed by atoms with van der Waals surface area (Å²) in [5.41, 5.74) is 5.21. The van der Waals surface area contributed by atoms with Crippen LogP contribution >= 0.6 is 0 Å². The zero-order valence-corrected chi connectivity index (χ0v) is 12.0. The molecule has 1 atom stereocenters. The van der Waals surface area contributed by atoms with E-state index in [1.54, 1.807) is 14.2 Å². The largest absolute Gasteiger partial charge is 0.496 e. The molecule has 0 radical (unpaired) electrons. The van der Waals surface area contributed by atoms with Crippen LogP contribution < -0.4 is 16.0 Å². The fourth-order valence-corrected chi connectivity index (χ4v) is 2.82. The van der Waals surface area contributed by atoms with Crippen LogP contribution in [0.15, 0.2) is 18.2 Å². The van der Waals surface area contributed by atoms with Gasteiger partial charge in [0.1, 0.15) is 5.75 Å². The fraction of sp³-hybridized carbons (Fsp3) is 0.600. The van der Waals surface area contributed by atoms with Gasteiger partial charge >= 0.3 is 0 Å². The van der Waals surface area contributed by atoms with E-state index in [0.29, 0.717) is 0 Å². The molecule has 0 amide bonds. The van der Waals surface area contributed by atoms with Gasteiger partial charge in [-0.3, -0.25) is 11.3 Å². The Hall–Kier alpha value is -1.10. The van der Waals surface area contributed by atoms with Crippen molar-refractivity contribution in [2.24, 2.45) is 5.84 Å². The third-order valence-corrected chi connectivity index (χ3v) is 4.24. The first-order valence-electron chi connectivity index (χ1n) is 6.80. The van der Waals surface area contributed by atoms with Crippen LogP contribution in [0.2, 0.25) is 0 Å². The lowest BCUT2D eigenvalue weighted by Crippen LogP contribution is -2.44. The van der Waals surface area contributed by atoms with Crippen molar-refractivity contribution >= 4 is 0 Å². The van der Waals surface area contributed by atoms with Gasteiger partial charge in [0, 0.05) is 12.7 Å². The van der Waals surface area contributed by atoms with Crippen LogP contribution in [-0.4, -0.2) is 19.8 Å². The number of benzene rings is 1. The van der Waals surface area contributed by atoms with Crippen LogP contribution in [-0.2, 0) is 4.74 Å². The van der Waals surface area contributed by atoms with E-state index < -0.39 is 0 Å². The minimum atomic E-state index is -0.0220. The number of hydrazine groups is 1. The van der Waals surface area contributed by atoms with E-state index in [4.69, 9.17) is 15.3 Å². The van der Waals surface area contributed by atoms with Crippen molar-refractivity contribution in [2.45, 2.75) is 44.2 Å². The van der Waals surface area contributed by atoms with Gasteiger partial charge in [0.25, 0.3) is 0 Å². The fourth-order valence-electron chi connectivity index (χ4n) is 2.82. The second-order valence-electron chi connectivity index (χ2n) is 5.41. The molecule has 0 spiro atoms. The van der Waals surface area contributed by atoms with Crippen LogP contribution in [0, 0.1) is 6.92 Å². The normalized spacial score (nSPS) is 18.7. The lowest BCUT2D eigenvalue weighted by Gasteiger charge is -2.42. The SMILES string of the molecule is COc1ccc(C)cc1C(CC1(OC)CCC1)NN. The molecule has 0 saturated heterocycles. The molecule has 4 heteroatoms. The summed E-state index contributed by atoms with van der Waals surface area (Å²) >= 11 is 0. The molecule has 19 heavy (non-hydrogen) atoms. The highest BCUT2D eigenvalue weighted by Gasteiger charge is 2.39. The Morgan fingerprint density at radius 1 is 1.37 bits per heavy atom. The Balaban J connectivity index is 2.23. The summed E-state index contributed by atoms with van der Waals surface area (Å²) in [4.78, 5) is 0. The molecule has 0 heterocycles. The molecular weight excluding hydrogens is 240 g/mol. The van der Waals surface area contributed by atoms with Crippen LogP contribution in [0.25, 0.3) is 0 Å². The summed E-state index contributed by atoms with van der Waals surface area (Å²) in [5, 5.41) is 0. The summed E-state index contributed by atoms with van der Waals surface area (Å²) in [5.74, 6) is 6.63. The average Bonchev–Trinajstić information content (AvgIpc) is 2.38. The second kappa shape index (κ2) is 5.90. The molecule has 1 aromatic carbocycles. The van der Waals surface area contributed by atoms with Crippen LogP contribution in [0.3, 0.4) is 0 Å². The number of rotatable bonds is 6. The minimum Gasteiger partial charge on any atom is -0.496 e. The Labute approximate surface area is 115 Å². The molecule has 0 aliphatic heterocycles. The van der Waals surface area contributed by atoms with Crippen molar-refractivity contribution in [3.63, 3.8) is 0 Å². The summed E-state index contributed by atoms with van der Waals surface area (Å²) in [7, 11) is 3.48. The van der Waals surface area contributed by atoms with Gasteiger partial charge in [0.2, 0.25) is 0 Å². The van der Waals surface area contributed by atoms with E-state index in [9.17, 15) is 0 Å². The Kier molecular flexibility index (Phi) is 4.45. The van der Waals surface area contributed by atoms with Gasteiger partial charge in [-0.1, -0.05) is 17.7 Å². The van der Waals surface area contributed by atoms with Gasteiger partial charge in [0.15, 0.2) is 0 Å². The maximum atomic E-state index is 5.76. The van der Waals surface area contributed by atoms with Crippen molar-refractivity contribution in [3.8, 4) is 5.75 Å². The quantitative estimate of drug-likeness (QED) is 0.612. The molecule has 1 aliphatic rings. The number of ether oxygens (including phenoxy) is 2. The third kappa shape index (κ3) is 2.91. The van der Waals surface area contributed by atoms with Gasteiger partial charge in [-0.05, 0) is 38.7 Å². The molecule has 2 rings (SSSR count). The minimum absolute atomic E-state index is 0.0220. The zero-order chi connectivity index (χ0) is 13.9. The smallest absolute Gasteiger partial charge is 0.123 e. The van der Waals surface area contributed by atoms with Gasteiger partial charge < -0.3 is 9.47 Å². The number of nitrogens with two attached hydrogens (primary N) is 1. The van der Waals surface area contributed by atoms with Gasteiger partial charge in [-0.25, -0.2) is 0 Å². The lowest BCUT2D eigenvalue weighted by molar-refractivity contribution is -0.0839. The van der Waals surface area contributed by atoms with Crippen molar-refractivity contribution in [1.29, 1.82) is 0 Å². The van der Waals surface area contributed by atoms with Crippen molar-refractivity contribution < 1.29 is 9.47 Å². The second-order valence-corrected chi connectivity index (χ2v) is 5.41. The number of nitrogens with one attached hydrogen (secondary N) is 1. The molecule has 1 fully saturated rings. The van der Waals surface area contributed by atoms with Crippen LogP contribution in [0.1, 0.15) is 42.9 Å². The molecule has 3 N–H and O–H groups in total. The summed E-state index contributed by atoms with van der Waals surface area (Å²) in [6, 6.07) is 6.22. The van der Waals surface area contributed by atoms with E-state index in [-0.39, 0.29) is 11.6 Å². The van der Waals surface area contributed by atoms with Crippen LogP contribution in [0.4, 0.5) is 0 Å². The van der Waals surface area contributed by atoms with E-state index in [0.717, 1.165) is 30.6 Å². The molecular formula is C15H24N2O2. The highest BCUT2D eigenvalue weighted by Crippen LogP contribution is 2.43. The van der Waals surface area contributed by atoms with Crippen LogP contribution in [0.5, 0.6) is 5.75 Å². The Morgan fingerprint density at radius 2 is 2.11 bits per heavy atom. The maximum Gasteiger partial charge on any atom is 0.123 e. The van der Waals surface area contributed by atoms with Gasteiger partial charge in [0.05, 0.1) is 18.8 Å². The Morgan fingerprint density at radius 3 is 2.58 bits per heavy atom. The molecule has 1 aliphatic carbocycles. The van der Waals surface area contributed by atoms with E-state index >= 15 is 0 Å². The predicted molar refractivity (Wildman–Crippen MR) is 76.0 cm³/mol. The first-order chi connectivity index (χ1) is 9.14.